The number of hydrogen-bond acceptors (Lipinski definition) is 5. The fraction of sp³-hybridized carbons (Fsp3) is 0.240. The third-order valence-electron chi connectivity index (χ3n) is 5.29. The van der Waals surface area contributed by atoms with Crippen molar-refractivity contribution in [2.45, 2.75) is 31.7 Å². The van der Waals surface area contributed by atoms with Crippen molar-refractivity contribution in [3.63, 3.8) is 0 Å². The van der Waals surface area contributed by atoms with Gasteiger partial charge >= 0.3 is 5.97 Å². The average Bonchev–Trinajstić information content (AvgIpc) is 3.56. The van der Waals surface area contributed by atoms with Gasteiger partial charge in [0, 0.05) is 6.42 Å². The lowest BCUT2D eigenvalue weighted by Crippen LogP contribution is -2.11. The molecule has 6 rings (SSSR count). The SMILES string of the molecule is O=C1CCc2ccc(OCc3ccccc3)c(c2)Oc2ccc(cc2)[C@@H]2O[C@@H]2CO1. The zero-order valence-corrected chi connectivity index (χ0v) is 16.5. The molecular weight excluding hydrogens is 380 g/mol. The van der Waals surface area contributed by atoms with E-state index in [9.17, 15) is 4.79 Å². The molecule has 0 N–H and O–H groups in total. The summed E-state index contributed by atoms with van der Waals surface area (Å²) >= 11 is 0. The van der Waals surface area contributed by atoms with Crippen molar-refractivity contribution < 1.29 is 23.7 Å². The Kier molecular flexibility index (Phi) is 5.11. The molecule has 0 saturated carbocycles. The highest BCUT2D eigenvalue weighted by Crippen LogP contribution is 2.40. The van der Waals surface area contributed by atoms with E-state index < -0.39 is 0 Å². The molecule has 5 heteroatoms. The first-order valence-corrected chi connectivity index (χ1v) is 10.1. The smallest absolute Gasteiger partial charge is 0.306 e. The number of esters is 1. The summed E-state index contributed by atoms with van der Waals surface area (Å²) in [5.41, 5.74) is 3.12. The second kappa shape index (κ2) is 8.20. The van der Waals surface area contributed by atoms with Gasteiger partial charge in [-0.15, -0.1) is 0 Å². The largest absolute Gasteiger partial charge is 0.485 e. The molecule has 3 aliphatic heterocycles. The van der Waals surface area contributed by atoms with E-state index in [1.165, 1.54) is 0 Å². The summed E-state index contributed by atoms with van der Waals surface area (Å²) in [6.07, 6.45) is 0.791. The average molecular weight is 402 g/mol. The van der Waals surface area contributed by atoms with Gasteiger partial charge in [0.25, 0.3) is 0 Å². The van der Waals surface area contributed by atoms with Crippen LogP contribution in [-0.2, 0) is 27.3 Å². The zero-order valence-electron chi connectivity index (χ0n) is 16.5. The van der Waals surface area contributed by atoms with Crippen LogP contribution < -0.4 is 9.47 Å². The van der Waals surface area contributed by atoms with Gasteiger partial charge in [-0.05, 0) is 47.4 Å². The van der Waals surface area contributed by atoms with E-state index in [1.807, 2.05) is 72.8 Å². The van der Waals surface area contributed by atoms with Crippen molar-refractivity contribution in [1.29, 1.82) is 0 Å². The molecule has 3 aliphatic rings. The van der Waals surface area contributed by atoms with Gasteiger partial charge in [-0.1, -0.05) is 48.5 Å². The Balaban J connectivity index is 1.42. The van der Waals surface area contributed by atoms with Crippen molar-refractivity contribution in [2.75, 3.05) is 6.61 Å². The monoisotopic (exact) mass is 402 g/mol. The Morgan fingerprint density at radius 3 is 2.60 bits per heavy atom. The molecule has 0 aliphatic carbocycles. The molecule has 1 fully saturated rings. The number of rotatable bonds is 3. The highest BCUT2D eigenvalue weighted by Gasteiger charge is 2.41. The number of carbonyl (C=O) groups excluding carboxylic acids is 1. The molecule has 152 valence electrons. The van der Waals surface area contributed by atoms with Crippen LogP contribution in [0.25, 0.3) is 0 Å². The Labute approximate surface area is 175 Å². The van der Waals surface area contributed by atoms with Crippen LogP contribution >= 0.6 is 0 Å². The molecular formula is C25H22O5. The molecule has 3 aromatic rings. The molecule has 3 heterocycles. The van der Waals surface area contributed by atoms with Crippen molar-refractivity contribution >= 4 is 5.97 Å². The van der Waals surface area contributed by atoms with Crippen LogP contribution in [0.15, 0.2) is 72.8 Å². The molecule has 0 aromatic heterocycles. The number of hydrogen-bond donors (Lipinski definition) is 0. The molecule has 3 aromatic carbocycles. The van der Waals surface area contributed by atoms with Crippen LogP contribution in [0.1, 0.15) is 29.2 Å². The topological polar surface area (TPSA) is 57.3 Å². The lowest BCUT2D eigenvalue weighted by molar-refractivity contribution is -0.144. The fourth-order valence-electron chi connectivity index (χ4n) is 3.55. The molecule has 30 heavy (non-hydrogen) atoms. The molecule has 0 radical (unpaired) electrons. The van der Waals surface area contributed by atoms with Gasteiger partial charge in [0.2, 0.25) is 0 Å². The standard InChI is InChI=1S/C25H22O5/c26-24-13-7-17-6-12-21(27-15-18-4-2-1-3-5-18)22(14-17)29-20-10-8-19(9-11-20)25-23(30-25)16-28-24/h1-6,8-12,14,23,25H,7,13,15-16H2/t23-,25+/m1/s1. The predicted octanol–water partition coefficient (Wildman–Crippen LogP) is 4.99. The number of fused-ring (bicyclic) bond motifs is 6. The number of ether oxygens (including phenoxy) is 4. The second-order valence-corrected chi connectivity index (χ2v) is 7.50. The third kappa shape index (κ3) is 4.31. The van der Waals surface area contributed by atoms with E-state index in [0.29, 0.717) is 37.6 Å². The maximum absolute atomic E-state index is 12.1. The van der Waals surface area contributed by atoms with Gasteiger partial charge in [0.05, 0.1) is 0 Å². The fourth-order valence-corrected chi connectivity index (χ4v) is 3.55. The Morgan fingerprint density at radius 1 is 0.933 bits per heavy atom. The van der Waals surface area contributed by atoms with E-state index >= 15 is 0 Å². The van der Waals surface area contributed by atoms with Crippen molar-refractivity contribution in [3.05, 3.63) is 89.5 Å². The van der Waals surface area contributed by atoms with Gasteiger partial charge in [-0.2, -0.15) is 0 Å². The van der Waals surface area contributed by atoms with Crippen molar-refractivity contribution in [1.82, 2.24) is 0 Å². The van der Waals surface area contributed by atoms with Crippen molar-refractivity contribution in [3.8, 4) is 17.2 Å². The van der Waals surface area contributed by atoms with Crippen LogP contribution in [-0.4, -0.2) is 18.7 Å². The maximum Gasteiger partial charge on any atom is 0.306 e. The number of benzene rings is 3. The minimum atomic E-state index is -0.222. The lowest BCUT2D eigenvalue weighted by atomic mass is 10.1. The van der Waals surface area contributed by atoms with E-state index in [-0.39, 0.29) is 18.2 Å². The first-order valence-electron chi connectivity index (χ1n) is 10.1. The van der Waals surface area contributed by atoms with E-state index in [1.54, 1.807) is 0 Å². The molecule has 0 amide bonds. The molecule has 5 nitrogen and oxygen atoms in total. The summed E-state index contributed by atoms with van der Waals surface area (Å²) in [5.74, 6) is 1.78. The molecule has 0 unspecified atom stereocenters. The molecule has 0 spiro atoms. The molecule has 1 saturated heterocycles. The van der Waals surface area contributed by atoms with Crippen LogP contribution in [0.4, 0.5) is 0 Å². The van der Waals surface area contributed by atoms with E-state index in [2.05, 4.69) is 0 Å². The number of carbonyl (C=O) groups is 1. The van der Waals surface area contributed by atoms with Gasteiger partial charge in [0.1, 0.15) is 31.2 Å². The Bertz CT molecular complexity index is 1030. The molecule has 2 atom stereocenters. The third-order valence-corrected chi connectivity index (χ3v) is 5.29. The normalized spacial score (nSPS) is 20.2. The summed E-state index contributed by atoms with van der Waals surface area (Å²) < 4.78 is 23.2. The minimum absolute atomic E-state index is 0.0252. The van der Waals surface area contributed by atoms with Crippen molar-refractivity contribution in [2.24, 2.45) is 0 Å². The van der Waals surface area contributed by atoms with Gasteiger partial charge < -0.3 is 18.9 Å². The molecule has 4 bridgehead atoms. The van der Waals surface area contributed by atoms with Crippen LogP contribution in [0.2, 0.25) is 0 Å². The van der Waals surface area contributed by atoms with Crippen LogP contribution in [0, 0.1) is 0 Å². The second-order valence-electron chi connectivity index (χ2n) is 7.50. The van der Waals surface area contributed by atoms with E-state index in [0.717, 1.165) is 22.4 Å². The van der Waals surface area contributed by atoms with Gasteiger partial charge in [-0.25, -0.2) is 0 Å². The highest BCUT2D eigenvalue weighted by molar-refractivity contribution is 5.69. The summed E-state index contributed by atoms with van der Waals surface area (Å²) in [7, 11) is 0. The van der Waals surface area contributed by atoms with Gasteiger partial charge in [-0.3, -0.25) is 4.79 Å². The van der Waals surface area contributed by atoms with Crippen LogP contribution in [0.5, 0.6) is 17.2 Å². The Morgan fingerprint density at radius 2 is 1.77 bits per heavy atom. The zero-order chi connectivity index (χ0) is 20.3. The Hall–Kier alpha value is -3.31. The minimum Gasteiger partial charge on any atom is -0.485 e. The maximum atomic E-state index is 12.1. The summed E-state index contributed by atoms with van der Waals surface area (Å²) in [6, 6.07) is 23.6. The summed E-state index contributed by atoms with van der Waals surface area (Å²) in [6.45, 7) is 0.738. The number of epoxide rings is 1. The quantitative estimate of drug-likeness (QED) is 0.456. The summed E-state index contributed by atoms with van der Waals surface area (Å²) in [5, 5.41) is 0. The predicted molar refractivity (Wildman–Crippen MR) is 111 cm³/mol. The lowest BCUT2D eigenvalue weighted by Gasteiger charge is -2.14. The summed E-state index contributed by atoms with van der Waals surface area (Å²) in [4.78, 5) is 12.1. The van der Waals surface area contributed by atoms with Crippen LogP contribution in [0.3, 0.4) is 0 Å². The van der Waals surface area contributed by atoms with Gasteiger partial charge in [0.15, 0.2) is 11.5 Å². The highest BCUT2D eigenvalue weighted by atomic mass is 16.6. The van der Waals surface area contributed by atoms with E-state index in [4.69, 9.17) is 18.9 Å². The first kappa shape index (κ1) is 18.7. The number of aryl methyl sites for hydroxylation is 1. The first-order chi connectivity index (χ1) is 14.7.